The minimum absolute atomic E-state index is 0.119. The molecule has 1 amide bonds. The zero-order valence-electron chi connectivity index (χ0n) is 15.7. The molecule has 150 valence electrons. The molecule has 1 N–H and O–H groups in total. The van der Waals surface area contributed by atoms with Crippen LogP contribution in [0.1, 0.15) is 29.8 Å². The summed E-state index contributed by atoms with van der Waals surface area (Å²) in [7, 11) is -3.57. The number of anilines is 1. The Morgan fingerprint density at radius 2 is 1.72 bits per heavy atom. The van der Waals surface area contributed by atoms with E-state index in [1.807, 2.05) is 30.3 Å². The van der Waals surface area contributed by atoms with Crippen molar-refractivity contribution in [3.05, 3.63) is 66.4 Å². The summed E-state index contributed by atoms with van der Waals surface area (Å²) in [6, 6.07) is 17.2. The van der Waals surface area contributed by atoms with E-state index in [9.17, 15) is 13.2 Å². The molecule has 0 saturated carbocycles. The van der Waals surface area contributed by atoms with Crippen LogP contribution in [0.5, 0.6) is 0 Å². The highest BCUT2D eigenvalue weighted by Gasteiger charge is 2.26. The summed E-state index contributed by atoms with van der Waals surface area (Å²) in [6.45, 7) is 1.06. The van der Waals surface area contributed by atoms with E-state index in [0.717, 1.165) is 24.8 Å². The molecule has 2 aromatic carbocycles. The van der Waals surface area contributed by atoms with Crippen molar-refractivity contribution in [3.8, 4) is 11.3 Å². The number of sulfonamides is 1. The van der Waals surface area contributed by atoms with Gasteiger partial charge in [-0.25, -0.2) is 8.42 Å². The minimum atomic E-state index is -3.57. The lowest BCUT2D eigenvalue weighted by Gasteiger charge is -2.26. The second kappa shape index (κ2) is 8.18. The van der Waals surface area contributed by atoms with Gasteiger partial charge in [-0.3, -0.25) is 4.79 Å². The number of rotatable bonds is 5. The molecule has 7 nitrogen and oxygen atoms in total. The maximum atomic E-state index is 12.8. The number of nitrogens with zero attached hydrogens (tertiary/aromatic N) is 2. The SMILES string of the molecule is O=C(Nc1cccc(S(=O)(=O)N2CCCCC2)c1)c1cc(-c2ccccc2)on1. The first kappa shape index (κ1) is 19.4. The Labute approximate surface area is 169 Å². The van der Waals surface area contributed by atoms with Crippen molar-refractivity contribution in [3.63, 3.8) is 0 Å². The first-order valence-corrected chi connectivity index (χ1v) is 10.9. The maximum absolute atomic E-state index is 12.8. The molecule has 29 heavy (non-hydrogen) atoms. The number of nitrogens with one attached hydrogen (secondary N) is 1. The van der Waals surface area contributed by atoms with Crippen LogP contribution in [0, 0.1) is 0 Å². The third-order valence-electron chi connectivity index (χ3n) is 4.85. The smallest absolute Gasteiger partial charge is 0.277 e. The van der Waals surface area contributed by atoms with Crippen LogP contribution in [-0.4, -0.2) is 36.9 Å². The molecule has 1 fully saturated rings. The van der Waals surface area contributed by atoms with Crippen LogP contribution in [0.3, 0.4) is 0 Å². The molecule has 0 atom stereocenters. The minimum Gasteiger partial charge on any atom is -0.355 e. The zero-order valence-corrected chi connectivity index (χ0v) is 16.6. The number of aromatic nitrogens is 1. The predicted molar refractivity (Wildman–Crippen MR) is 109 cm³/mol. The van der Waals surface area contributed by atoms with Gasteiger partial charge >= 0.3 is 0 Å². The first-order chi connectivity index (χ1) is 14.0. The van der Waals surface area contributed by atoms with E-state index in [-0.39, 0.29) is 10.6 Å². The van der Waals surface area contributed by atoms with E-state index in [0.29, 0.717) is 24.5 Å². The first-order valence-electron chi connectivity index (χ1n) is 9.48. The highest BCUT2D eigenvalue weighted by atomic mass is 32.2. The fourth-order valence-corrected chi connectivity index (χ4v) is 4.87. The third-order valence-corrected chi connectivity index (χ3v) is 6.74. The number of piperidine rings is 1. The Morgan fingerprint density at radius 3 is 2.48 bits per heavy atom. The fourth-order valence-electron chi connectivity index (χ4n) is 3.30. The van der Waals surface area contributed by atoms with Crippen LogP contribution in [-0.2, 0) is 10.0 Å². The van der Waals surface area contributed by atoms with Crippen LogP contribution >= 0.6 is 0 Å². The molecule has 0 unspecified atom stereocenters. The molecular weight excluding hydrogens is 390 g/mol. The summed E-state index contributed by atoms with van der Waals surface area (Å²) in [4.78, 5) is 12.7. The molecule has 1 aliphatic rings. The van der Waals surface area contributed by atoms with Gasteiger partial charge in [-0.1, -0.05) is 48.0 Å². The van der Waals surface area contributed by atoms with Crippen molar-refractivity contribution in [1.82, 2.24) is 9.46 Å². The number of amides is 1. The standard InChI is InChI=1S/C21H21N3O4S/c25-21(19-15-20(28-23-19)16-8-3-1-4-9-16)22-17-10-7-11-18(14-17)29(26,27)24-12-5-2-6-13-24/h1,3-4,7-11,14-15H,2,5-6,12-13H2,(H,22,25). The Hall–Kier alpha value is -2.97. The molecule has 1 aromatic heterocycles. The van der Waals surface area contributed by atoms with E-state index in [4.69, 9.17) is 4.52 Å². The Balaban J connectivity index is 1.51. The molecule has 0 radical (unpaired) electrons. The molecular formula is C21H21N3O4S. The molecule has 0 bridgehead atoms. The molecule has 1 aliphatic heterocycles. The molecule has 3 aromatic rings. The third kappa shape index (κ3) is 4.23. The quantitative estimate of drug-likeness (QED) is 0.690. The second-order valence-electron chi connectivity index (χ2n) is 6.89. The topological polar surface area (TPSA) is 92.5 Å². The predicted octanol–water partition coefficient (Wildman–Crippen LogP) is 3.77. The molecule has 8 heteroatoms. The number of carbonyl (C=O) groups is 1. The van der Waals surface area contributed by atoms with Crippen molar-refractivity contribution in [2.45, 2.75) is 24.2 Å². The number of hydrogen-bond donors (Lipinski definition) is 1. The summed E-state index contributed by atoms with van der Waals surface area (Å²) >= 11 is 0. The van der Waals surface area contributed by atoms with Gasteiger partial charge in [0.15, 0.2) is 11.5 Å². The van der Waals surface area contributed by atoms with E-state index in [1.54, 1.807) is 24.3 Å². The summed E-state index contributed by atoms with van der Waals surface area (Å²) in [6.07, 6.45) is 2.78. The molecule has 2 heterocycles. The van der Waals surface area contributed by atoms with Crippen LogP contribution in [0.2, 0.25) is 0 Å². The largest absolute Gasteiger partial charge is 0.355 e. The lowest BCUT2D eigenvalue weighted by Crippen LogP contribution is -2.35. The Bertz CT molecular complexity index is 1100. The number of carbonyl (C=O) groups excluding carboxylic acids is 1. The van der Waals surface area contributed by atoms with Crippen LogP contribution in [0.25, 0.3) is 11.3 Å². The van der Waals surface area contributed by atoms with Crippen LogP contribution in [0.15, 0.2) is 70.1 Å². The normalized spacial score (nSPS) is 15.2. The van der Waals surface area contributed by atoms with Crippen molar-refractivity contribution < 1.29 is 17.7 Å². The average Bonchev–Trinajstić information content (AvgIpc) is 3.26. The summed E-state index contributed by atoms with van der Waals surface area (Å²) in [5.41, 5.74) is 1.32. The second-order valence-corrected chi connectivity index (χ2v) is 8.83. The van der Waals surface area contributed by atoms with E-state index in [2.05, 4.69) is 10.5 Å². The molecule has 0 aliphatic carbocycles. The van der Waals surface area contributed by atoms with Gasteiger partial charge < -0.3 is 9.84 Å². The van der Waals surface area contributed by atoms with Gasteiger partial charge in [0.2, 0.25) is 10.0 Å². The lowest BCUT2D eigenvalue weighted by atomic mass is 10.1. The monoisotopic (exact) mass is 411 g/mol. The van der Waals surface area contributed by atoms with Crippen molar-refractivity contribution in [1.29, 1.82) is 0 Å². The highest BCUT2D eigenvalue weighted by Crippen LogP contribution is 2.24. The zero-order chi connectivity index (χ0) is 20.3. The van der Waals surface area contributed by atoms with Gasteiger partial charge in [-0.15, -0.1) is 0 Å². The van der Waals surface area contributed by atoms with Gasteiger partial charge in [0.25, 0.3) is 5.91 Å². The van der Waals surface area contributed by atoms with Gasteiger partial charge in [0.1, 0.15) is 0 Å². The molecule has 0 spiro atoms. The highest BCUT2D eigenvalue weighted by molar-refractivity contribution is 7.89. The van der Waals surface area contributed by atoms with Gasteiger partial charge in [0.05, 0.1) is 4.90 Å². The number of benzene rings is 2. The Kier molecular flexibility index (Phi) is 5.46. The average molecular weight is 411 g/mol. The fraction of sp³-hybridized carbons (Fsp3) is 0.238. The van der Waals surface area contributed by atoms with Crippen molar-refractivity contribution in [2.24, 2.45) is 0 Å². The van der Waals surface area contributed by atoms with Gasteiger partial charge in [-0.05, 0) is 31.0 Å². The van der Waals surface area contributed by atoms with Crippen LogP contribution in [0.4, 0.5) is 5.69 Å². The maximum Gasteiger partial charge on any atom is 0.277 e. The van der Waals surface area contributed by atoms with E-state index in [1.165, 1.54) is 10.4 Å². The lowest BCUT2D eigenvalue weighted by molar-refractivity contribution is 0.101. The summed E-state index contributed by atoms with van der Waals surface area (Å²) < 4.78 is 32.4. The number of hydrogen-bond acceptors (Lipinski definition) is 5. The summed E-state index contributed by atoms with van der Waals surface area (Å²) in [5, 5.41) is 6.51. The van der Waals surface area contributed by atoms with Crippen molar-refractivity contribution >= 4 is 21.6 Å². The van der Waals surface area contributed by atoms with E-state index < -0.39 is 15.9 Å². The van der Waals surface area contributed by atoms with Crippen LogP contribution < -0.4 is 5.32 Å². The molecule has 1 saturated heterocycles. The Morgan fingerprint density at radius 1 is 0.966 bits per heavy atom. The van der Waals surface area contributed by atoms with E-state index >= 15 is 0 Å². The molecule has 4 rings (SSSR count). The summed E-state index contributed by atoms with van der Waals surface area (Å²) in [5.74, 6) is 0.0145. The van der Waals surface area contributed by atoms with Gasteiger partial charge in [-0.2, -0.15) is 4.31 Å². The van der Waals surface area contributed by atoms with Gasteiger partial charge in [0, 0.05) is 30.4 Å². The van der Waals surface area contributed by atoms with Crippen molar-refractivity contribution in [2.75, 3.05) is 18.4 Å².